The average molecular weight is 245 g/mol. The zero-order chi connectivity index (χ0) is 12.7. The van der Waals surface area contributed by atoms with Crippen LogP contribution in [0.2, 0.25) is 0 Å². The van der Waals surface area contributed by atoms with Gasteiger partial charge in [-0.25, -0.2) is 9.59 Å². The lowest BCUT2D eigenvalue weighted by molar-refractivity contribution is 0.0692. The minimum absolute atomic E-state index is 0.334. The van der Waals surface area contributed by atoms with Crippen molar-refractivity contribution in [2.75, 3.05) is 18.0 Å². The van der Waals surface area contributed by atoms with Crippen molar-refractivity contribution in [2.24, 2.45) is 0 Å². The average Bonchev–Trinajstić information content (AvgIpc) is 2.25. The highest BCUT2D eigenvalue weighted by molar-refractivity contribution is 5.92. The molecule has 0 unspecified atom stereocenters. The van der Waals surface area contributed by atoms with E-state index in [4.69, 9.17) is 9.52 Å². The van der Waals surface area contributed by atoms with Crippen molar-refractivity contribution in [1.29, 1.82) is 0 Å². The summed E-state index contributed by atoms with van der Waals surface area (Å²) in [5.41, 5.74) is 0.282. The van der Waals surface area contributed by atoms with Crippen LogP contribution in [0.25, 0.3) is 11.0 Å². The van der Waals surface area contributed by atoms with E-state index in [0.717, 1.165) is 18.8 Å². The predicted molar refractivity (Wildman–Crippen MR) is 66.3 cm³/mol. The summed E-state index contributed by atoms with van der Waals surface area (Å²) in [6, 6.07) is 6.82. The molecule has 1 aliphatic heterocycles. The molecular weight excluding hydrogens is 234 g/mol. The van der Waals surface area contributed by atoms with E-state index in [9.17, 15) is 9.59 Å². The van der Waals surface area contributed by atoms with Gasteiger partial charge in [0, 0.05) is 30.2 Å². The van der Waals surface area contributed by atoms with Crippen LogP contribution in [0.3, 0.4) is 0 Å². The summed E-state index contributed by atoms with van der Waals surface area (Å²) in [6.45, 7) is 2.01. The van der Waals surface area contributed by atoms with E-state index in [2.05, 4.69) is 4.90 Å². The molecule has 3 rings (SSSR count). The zero-order valence-electron chi connectivity index (χ0n) is 9.55. The molecule has 5 heteroatoms. The zero-order valence-corrected chi connectivity index (χ0v) is 9.55. The number of carboxylic acids is 1. The lowest BCUT2D eigenvalue weighted by atomic mass is 10.1. The Hall–Kier alpha value is -2.30. The molecule has 0 saturated carbocycles. The lowest BCUT2D eigenvalue weighted by Gasteiger charge is -2.33. The smallest absolute Gasteiger partial charge is 0.351 e. The number of carbonyl (C=O) groups is 1. The fourth-order valence-electron chi connectivity index (χ4n) is 2.02. The molecule has 0 amide bonds. The molecule has 2 heterocycles. The van der Waals surface area contributed by atoms with Crippen molar-refractivity contribution in [2.45, 2.75) is 6.42 Å². The van der Waals surface area contributed by atoms with Crippen LogP contribution in [0.1, 0.15) is 16.8 Å². The third kappa shape index (κ3) is 1.64. The summed E-state index contributed by atoms with van der Waals surface area (Å²) in [7, 11) is 0. The van der Waals surface area contributed by atoms with E-state index in [0.29, 0.717) is 11.0 Å². The van der Waals surface area contributed by atoms with Crippen molar-refractivity contribution >= 4 is 22.6 Å². The van der Waals surface area contributed by atoms with E-state index in [-0.39, 0.29) is 5.56 Å². The highest BCUT2D eigenvalue weighted by Gasteiger charge is 2.16. The predicted octanol–water partition coefficient (Wildman–Crippen LogP) is 1.70. The molecule has 1 saturated heterocycles. The van der Waals surface area contributed by atoms with Gasteiger partial charge in [-0.2, -0.15) is 0 Å². The highest BCUT2D eigenvalue weighted by Crippen LogP contribution is 2.25. The van der Waals surface area contributed by atoms with Crippen LogP contribution in [0, 0.1) is 0 Å². The number of carboxylic acid groups (broad SMARTS) is 1. The van der Waals surface area contributed by atoms with Gasteiger partial charge < -0.3 is 14.4 Å². The minimum Gasteiger partial charge on any atom is -0.477 e. The first-order valence-corrected chi connectivity index (χ1v) is 5.71. The molecule has 1 aromatic heterocycles. The third-order valence-electron chi connectivity index (χ3n) is 3.17. The van der Waals surface area contributed by atoms with Gasteiger partial charge in [0.15, 0.2) is 0 Å². The molecule has 0 atom stereocenters. The molecule has 2 aromatic rings. The topological polar surface area (TPSA) is 70.8 Å². The van der Waals surface area contributed by atoms with Crippen LogP contribution in [-0.4, -0.2) is 24.2 Å². The Morgan fingerprint density at radius 1 is 1.28 bits per heavy atom. The number of hydrogen-bond donors (Lipinski definition) is 1. The minimum atomic E-state index is -1.27. The molecule has 1 aliphatic rings. The molecule has 0 radical (unpaired) electrons. The third-order valence-corrected chi connectivity index (χ3v) is 3.17. The van der Waals surface area contributed by atoms with E-state index in [1.165, 1.54) is 12.5 Å². The molecule has 0 bridgehead atoms. The molecule has 0 aliphatic carbocycles. The number of aromatic carboxylic acids is 1. The van der Waals surface area contributed by atoms with Crippen molar-refractivity contribution in [3.05, 3.63) is 40.2 Å². The van der Waals surface area contributed by atoms with Crippen LogP contribution in [0.5, 0.6) is 0 Å². The highest BCUT2D eigenvalue weighted by atomic mass is 16.4. The van der Waals surface area contributed by atoms with Gasteiger partial charge in [-0.3, -0.25) is 0 Å². The quantitative estimate of drug-likeness (QED) is 0.815. The van der Waals surface area contributed by atoms with Gasteiger partial charge in [-0.1, -0.05) is 0 Å². The summed E-state index contributed by atoms with van der Waals surface area (Å²) >= 11 is 0. The van der Waals surface area contributed by atoms with Crippen LogP contribution < -0.4 is 10.5 Å². The summed E-state index contributed by atoms with van der Waals surface area (Å²) in [5, 5.41) is 9.47. The maximum absolute atomic E-state index is 11.5. The van der Waals surface area contributed by atoms with E-state index in [1.807, 2.05) is 6.07 Å². The van der Waals surface area contributed by atoms with Crippen molar-refractivity contribution in [3.63, 3.8) is 0 Å². The Labute approximate surface area is 102 Å². The number of hydrogen-bond acceptors (Lipinski definition) is 4. The Balaban J connectivity index is 2.14. The number of fused-ring (bicyclic) bond motifs is 1. The Morgan fingerprint density at radius 2 is 2.06 bits per heavy atom. The SMILES string of the molecule is O=C(O)c1cc2ccc(N3CCC3)cc2oc1=O. The van der Waals surface area contributed by atoms with E-state index < -0.39 is 11.6 Å². The second-order valence-electron chi connectivity index (χ2n) is 4.32. The Bertz CT molecular complexity index is 685. The summed E-state index contributed by atoms with van der Waals surface area (Å²) < 4.78 is 5.05. The molecule has 1 fully saturated rings. The monoisotopic (exact) mass is 245 g/mol. The number of benzene rings is 1. The molecule has 18 heavy (non-hydrogen) atoms. The largest absolute Gasteiger partial charge is 0.477 e. The Kier molecular flexibility index (Phi) is 2.33. The fourth-order valence-corrected chi connectivity index (χ4v) is 2.02. The number of anilines is 1. The van der Waals surface area contributed by atoms with Crippen LogP contribution >= 0.6 is 0 Å². The summed E-state index contributed by atoms with van der Waals surface area (Å²) in [5.74, 6) is -1.27. The molecule has 5 nitrogen and oxygen atoms in total. The first-order valence-electron chi connectivity index (χ1n) is 5.71. The molecular formula is C13H11NO4. The molecule has 1 N–H and O–H groups in total. The van der Waals surface area contributed by atoms with Crippen LogP contribution in [0.4, 0.5) is 5.69 Å². The van der Waals surface area contributed by atoms with Crippen LogP contribution in [0.15, 0.2) is 33.5 Å². The van der Waals surface area contributed by atoms with Crippen LogP contribution in [-0.2, 0) is 0 Å². The van der Waals surface area contributed by atoms with E-state index >= 15 is 0 Å². The second-order valence-corrected chi connectivity index (χ2v) is 4.32. The maximum atomic E-state index is 11.5. The van der Waals surface area contributed by atoms with Gasteiger partial charge in [0.2, 0.25) is 0 Å². The second kappa shape index (κ2) is 3.87. The Morgan fingerprint density at radius 3 is 2.67 bits per heavy atom. The molecule has 92 valence electrons. The fraction of sp³-hybridized carbons (Fsp3) is 0.231. The summed E-state index contributed by atoms with van der Waals surface area (Å²) in [6.07, 6.45) is 1.17. The number of nitrogens with zero attached hydrogens (tertiary/aromatic N) is 1. The maximum Gasteiger partial charge on any atom is 0.351 e. The van der Waals surface area contributed by atoms with Gasteiger partial charge >= 0.3 is 11.6 Å². The lowest BCUT2D eigenvalue weighted by Crippen LogP contribution is -2.36. The van der Waals surface area contributed by atoms with Crippen molar-refractivity contribution in [3.8, 4) is 0 Å². The van der Waals surface area contributed by atoms with Gasteiger partial charge in [-0.05, 0) is 24.6 Å². The standard InChI is InChI=1S/C13H11NO4/c15-12(16)10-6-8-2-3-9(14-4-1-5-14)7-11(8)18-13(10)17/h2-3,6-7H,1,4-5H2,(H,15,16). The van der Waals surface area contributed by atoms with Gasteiger partial charge in [0.25, 0.3) is 0 Å². The normalized spacial score (nSPS) is 14.6. The molecule has 1 aromatic carbocycles. The van der Waals surface area contributed by atoms with E-state index in [1.54, 1.807) is 12.1 Å². The first-order chi connectivity index (χ1) is 8.65. The van der Waals surface area contributed by atoms with Crippen molar-refractivity contribution in [1.82, 2.24) is 0 Å². The van der Waals surface area contributed by atoms with Gasteiger partial charge in [0.05, 0.1) is 0 Å². The summed E-state index contributed by atoms with van der Waals surface area (Å²) in [4.78, 5) is 24.5. The van der Waals surface area contributed by atoms with Crippen molar-refractivity contribution < 1.29 is 14.3 Å². The molecule has 0 spiro atoms. The first kappa shape index (κ1) is 10.8. The van der Waals surface area contributed by atoms with Gasteiger partial charge in [-0.15, -0.1) is 0 Å². The van der Waals surface area contributed by atoms with Gasteiger partial charge in [0.1, 0.15) is 11.1 Å². The number of rotatable bonds is 2.